The van der Waals surface area contributed by atoms with E-state index in [2.05, 4.69) is 32.5 Å². The lowest BCUT2D eigenvalue weighted by Gasteiger charge is -2.32. The van der Waals surface area contributed by atoms with E-state index in [0.717, 1.165) is 52.1 Å². The molecule has 7 nitrogen and oxygen atoms in total. The third-order valence-corrected chi connectivity index (χ3v) is 7.27. The second-order valence-electron chi connectivity index (χ2n) is 9.86. The average Bonchev–Trinajstić information content (AvgIpc) is 2.92. The van der Waals surface area contributed by atoms with E-state index in [0.29, 0.717) is 39.5 Å². The SMILES string of the molecule is CN1CCN(Cc2c(F)cc(-c3cccc4ncc(/C(C=N)=C/NC5CCNCC5)nc34)cc2F)CC1. The van der Waals surface area contributed by atoms with Gasteiger partial charge in [-0.05, 0) is 56.7 Å². The average molecular weight is 506 g/mol. The summed E-state index contributed by atoms with van der Waals surface area (Å²) < 4.78 is 30.4. The number of piperidine rings is 1. The molecule has 0 radical (unpaired) electrons. The molecule has 0 saturated carbocycles. The summed E-state index contributed by atoms with van der Waals surface area (Å²) in [6.45, 7) is 5.53. The van der Waals surface area contributed by atoms with E-state index in [1.165, 1.54) is 18.3 Å². The van der Waals surface area contributed by atoms with E-state index >= 15 is 8.78 Å². The minimum absolute atomic E-state index is 0.0957. The number of benzene rings is 2. The fourth-order valence-electron chi connectivity index (χ4n) is 4.93. The second kappa shape index (κ2) is 11.4. The van der Waals surface area contributed by atoms with Crippen LogP contribution < -0.4 is 10.6 Å². The van der Waals surface area contributed by atoms with Crippen molar-refractivity contribution in [1.82, 2.24) is 30.4 Å². The topological polar surface area (TPSA) is 80.2 Å². The number of allylic oxidation sites excluding steroid dienone is 1. The number of para-hydroxylation sites is 1. The Labute approximate surface area is 216 Å². The van der Waals surface area contributed by atoms with E-state index in [9.17, 15) is 0 Å². The van der Waals surface area contributed by atoms with Gasteiger partial charge in [0.05, 0.1) is 22.9 Å². The predicted octanol–water partition coefficient (Wildman–Crippen LogP) is 3.65. The Kier molecular flexibility index (Phi) is 7.83. The van der Waals surface area contributed by atoms with Gasteiger partial charge in [-0.15, -0.1) is 0 Å². The molecule has 2 aliphatic heterocycles. The van der Waals surface area contributed by atoms with E-state index in [1.54, 1.807) is 12.3 Å². The van der Waals surface area contributed by atoms with E-state index in [1.807, 2.05) is 18.3 Å². The van der Waals surface area contributed by atoms with Crippen LogP contribution in [0.5, 0.6) is 0 Å². The van der Waals surface area contributed by atoms with Crippen LogP contribution in [0.2, 0.25) is 0 Å². The summed E-state index contributed by atoms with van der Waals surface area (Å²) in [4.78, 5) is 13.6. The first-order valence-electron chi connectivity index (χ1n) is 12.8. The van der Waals surface area contributed by atoms with Gasteiger partial charge < -0.3 is 20.9 Å². The largest absolute Gasteiger partial charge is 0.387 e. The first-order valence-corrected chi connectivity index (χ1v) is 12.8. The van der Waals surface area contributed by atoms with Crippen molar-refractivity contribution in [2.45, 2.75) is 25.4 Å². The van der Waals surface area contributed by atoms with E-state index < -0.39 is 11.6 Å². The maximum absolute atomic E-state index is 15.2. The molecule has 0 atom stereocenters. The molecule has 5 rings (SSSR count). The molecule has 0 bridgehead atoms. The van der Waals surface area contributed by atoms with Crippen LogP contribution in [-0.4, -0.2) is 78.3 Å². The number of piperazine rings is 1. The highest BCUT2D eigenvalue weighted by molar-refractivity contribution is 6.08. The van der Waals surface area contributed by atoms with Gasteiger partial charge >= 0.3 is 0 Å². The third-order valence-electron chi connectivity index (χ3n) is 7.27. The Morgan fingerprint density at radius 1 is 1.14 bits per heavy atom. The Morgan fingerprint density at radius 2 is 1.86 bits per heavy atom. The molecule has 2 aliphatic rings. The fraction of sp³-hybridized carbons (Fsp3) is 0.393. The van der Waals surface area contributed by atoms with Gasteiger partial charge in [0.1, 0.15) is 11.6 Å². The molecule has 37 heavy (non-hydrogen) atoms. The lowest BCUT2D eigenvalue weighted by Crippen LogP contribution is -2.44. The number of hydrogen-bond acceptors (Lipinski definition) is 7. The van der Waals surface area contributed by atoms with Gasteiger partial charge in [-0.1, -0.05) is 12.1 Å². The highest BCUT2D eigenvalue weighted by atomic mass is 19.1. The predicted molar refractivity (Wildman–Crippen MR) is 143 cm³/mol. The molecule has 194 valence electrons. The normalized spacial score (nSPS) is 18.3. The van der Waals surface area contributed by atoms with Gasteiger partial charge in [-0.3, -0.25) is 9.88 Å². The Balaban J connectivity index is 1.44. The smallest absolute Gasteiger partial charge is 0.131 e. The van der Waals surface area contributed by atoms with Crippen molar-refractivity contribution in [2.75, 3.05) is 46.3 Å². The highest BCUT2D eigenvalue weighted by Gasteiger charge is 2.20. The minimum atomic E-state index is -0.554. The molecule has 0 amide bonds. The van der Waals surface area contributed by atoms with Gasteiger partial charge in [0, 0.05) is 67.9 Å². The zero-order valence-corrected chi connectivity index (χ0v) is 21.1. The van der Waals surface area contributed by atoms with Gasteiger partial charge in [0.25, 0.3) is 0 Å². The van der Waals surface area contributed by atoms with Gasteiger partial charge in [-0.2, -0.15) is 0 Å². The summed E-state index contributed by atoms with van der Waals surface area (Å²) in [6.07, 6.45) is 6.72. The molecule has 1 aromatic heterocycles. The lowest BCUT2D eigenvalue weighted by atomic mass is 10.0. The number of fused-ring (bicyclic) bond motifs is 1. The van der Waals surface area contributed by atoms with E-state index in [-0.39, 0.29) is 12.1 Å². The summed E-state index contributed by atoms with van der Waals surface area (Å²) in [5, 5.41) is 14.7. The van der Waals surface area contributed by atoms with Crippen molar-refractivity contribution in [1.29, 1.82) is 5.41 Å². The Hall–Kier alpha value is -3.27. The van der Waals surface area contributed by atoms with Crippen LogP contribution in [-0.2, 0) is 6.54 Å². The second-order valence-corrected chi connectivity index (χ2v) is 9.86. The summed E-state index contributed by atoms with van der Waals surface area (Å²) in [7, 11) is 2.05. The van der Waals surface area contributed by atoms with Gasteiger partial charge in [0.2, 0.25) is 0 Å². The molecular formula is C28H33F2N7. The van der Waals surface area contributed by atoms with Gasteiger partial charge in [-0.25, -0.2) is 13.8 Å². The van der Waals surface area contributed by atoms with E-state index in [4.69, 9.17) is 10.4 Å². The monoisotopic (exact) mass is 505 g/mol. The molecule has 3 heterocycles. The number of nitrogens with one attached hydrogen (secondary N) is 3. The molecule has 9 heteroatoms. The van der Waals surface area contributed by atoms with Crippen LogP contribution in [0.3, 0.4) is 0 Å². The first-order chi connectivity index (χ1) is 18.0. The first kappa shape index (κ1) is 25.4. The molecule has 0 aliphatic carbocycles. The maximum atomic E-state index is 15.2. The molecule has 3 aromatic rings. The molecule has 2 aromatic carbocycles. The zero-order chi connectivity index (χ0) is 25.8. The van der Waals surface area contributed by atoms with Crippen molar-refractivity contribution < 1.29 is 8.78 Å². The standard InChI is InChI=1S/C28H33F2N7/c1-36-9-11-37(12-10-36)18-23-24(29)13-19(14-25(23)30)22-3-2-4-26-28(22)35-27(17-34-26)20(15-31)16-33-21-5-7-32-8-6-21/h2-4,13-17,21,31-33H,5-12,18H2,1H3/b20-16+,31-15?. The van der Waals surface area contributed by atoms with Crippen LogP contribution in [0.25, 0.3) is 27.7 Å². The van der Waals surface area contributed by atoms with Crippen molar-refractivity contribution in [3.63, 3.8) is 0 Å². The third kappa shape index (κ3) is 5.84. The summed E-state index contributed by atoms with van der Waals surface area (Å²) in [5.74, 6) is -1.11. The number of likely N-dealkylation sites (N-methyl/N-ethyl adjacent to an activating group) is 1. The van der Waals surface area contributed by atoms with Crippen molar-refractivity contribution >= 4 is 22.8 Å². The number of hydrogen-bond donors (Lipinski definition) is 3. The van der Waals surface area contributed by atoms with Crippen LogP contribution in [0, 0.1) is 17.0 Å². The van der Waals surface area contributed by atoms with Crippen LogP contribution in [0.15, 0.2) is 42.7 Å². The highest BCUT2D eigenvalue weighted by Crippen LogP contribution is 2.30. The van der Waals surface area contributed by atoms with Crippen LogP contribution in [0.4, 0.5) is 8.78 Å². The molecular weight excluding hydrogens is 472 g/mol. The maximum Gasteiger partial charge on any atom is 0.131 e. The molecule has 2 saturated heterocycles. The quantitative estimate of drug-likeness (QED) is 0.426. The zero-order valence-electron chi connectivity index (χ0n) is 21.1. The number of rotatable bonds is 7. The summed E-state index contributed by atoms with van der Waals surface area (Å²) in [6, 6.07) is 8.57. The van der Waals surface area contributed by atoms with Crippen LogP contribution in [0.1, 0.15) is 24.1 Å². The summed E-state index contributed by atoms with van der Waals surface area (Å²) in [5.41, 5.74) is 3.42. The number of aromatic nitrogens is 2. The molecule has 0 unspecified atom stereocenters. The summed E-state index contributed by atoms with van der Waals surface area (Å²) >= 11 is 0. The Bertz CT molecular complexity index is 1270. The van der Waals surface area contributed by atoms with Crippen molar-refractivity contribution in [3.8, 4) is 11.1 Å². The molecule has 2 fully saturated rings. The lowest BCUT2D eigenvalue weighted by molar-refractivity contribution is 0.145. The van der Waals surface area contributed by atoms with Crippen molar-refractivity contribution in [2.24, 2.45) is 0 Å². The minimum Gasteiger partial charge on any atom is -0.387 e. The number of halogens is 2. The number of nitrogens with zero attached hydrogens (tertiary/aromatic N) is 4. The molecule has 0 spiro atoms. The Morgan fingerprint density at radius 3 is 2.57 bits per heavy atom. The fourth-order valence-corrected chi connectivity index (χ4v) is 4.93. The van der Waals surface area contributed by atoms with Gasteiger partial charge in [0.15, 0.2) is 0 Å². The van der Waals surface area contributed by atoms with Crippen LogP contribution >= 0.6 is 0 Å². The molecule has 3 N–H and O–H groups in total. The van der Waals surface area contributed by atoms with Crippen molar-refractivity contribution in [3.05, 3.63) is 65.6 Å².